The first-order chi connectivity index (χ1) is 7.69. The van der Waals surface area contributed by atoms with E-state index < -0.39 is 5.97 Å². The fourth-order valence-electron chi connectivity index (χ4n) is 1.68. The van der Waals surface area contributed by atoms with E-state index in [0.717, 1.165) is 22.1 Å². The van der Waals surface area contributed by atoms with Crippen molar-refractivity contribution in [2.24, 2.45) is 0 Å². The molecule has 0 aromatic heterocycles. The second-order valence-corrected chi connectivity index (χ2v) is 3.62. The van der Waals surface area contributed by atoms with Crippen molar-refractivity contribution >= 4 is 46.3 Å². The van der Waals surface area contributed by atoms with Gasteiger partial charge in [0.15, 0.2) is 0 Å². The van der Waals surface area contributed by atoms with Crippen molar-refractivity contribution in [1.29, 1.82) is 0 Å². The number of methoxy groups -OCH3 is 1. The number of rotatable bonds is 3. The molecule has 0 unspecified atom stereocenters. The predicted molar refractivity (Wildman–Crippen MR) is 75.7 cm³/mol. The van der Waals surface area contributed by atoms with Gasteiger partial charge in [0.2, 0.25) is 0 Å². The molecule has 0 amide bonds. The Hall–Kier alpha value is -1.03. The van der Waals surface area contributed by atoms with Crippen LogP contribution in [0.5, 0.6) is 5.75 Å². The second kappa shape index (κ2) is 7.41. The summed E-state index contributed by atoms with van der Waals surface area (Å²) in [6, 6.07) is 11.4. The van der Waals surface area contributed by atoms with Gasteiger partial charge in [-0.25, -0.2) is 0 Å². The maximum atomic E-state index is 10.6. The minimum atomic E-state index is -0.812. The average molecular weight is 256 g/mol. The van der Waals surface area contributed by atoms with E-state index >= 15 is 0 Å². The average Bonchev–Trinajstić information content (AvgIpc) is 2.27. The second-order valence-electron chi connectivity index (χ2n) is 3.62. The number of hydrogen-bond donors (Lipinski definition) is 1. The fraction of sp³-hybridized carbons (Fsp3) is 0.214. The Morgan fingerprint density at radius 2 is 1.78 bits per heavy atom. The molecule has 0 saturated heterocycles. The summed E-state index contributed by atoms with van der Waals surface area (Å²) in [7, 11) is 1.62. The van der Waals surface area contributed by atoms with Gasteiger partial charge in [-0.2, -0.15) is 0 Å². The van der Waals surface area contributed by atoms with Crippen LogP contribution in [0.2, 0.25) is 0 Å². The summed E-state index contributed by atoms with van der Waals surface area (Å²) in [5.74, 6) is -0.00801. The third kappa shape index (κ3) is 4.02. The summed E-state index contributed by atoms with van der Waals surface area (Å²) in [5, 5.41) is 10.8. The number of carbonyl (C=O) groups is 1. The molecule has 92 valence electrons. The van der Waals surface area contributed by atoms with Crippen LogP contribution in [0.3, 0.4) is 0 Å². The molecule has 0 atom stereocenters. The number of hydrogen-bond acceptors (Lipinski definition) is 2. The molecule has 3 nitrogen and oxygen atoms in total. The molecule has 0 heterocycles. The molecule has 1 N–H and O–H groups in total. The quantitative estimate of drug-likeness (QED) is 0.858. The third-order valence-corrected chi connectivity index (χ3v) is 2.47. The van der Waals surface area contributed by atoms with E-state index in [1.807, 2.05) is 36.4 Å². The minimum absolute atomic E-state index is 0. The monoisotopic (exact) mass is 256 g/mol. The molecule has 4 heteroatoms. The Kier molecular flexibility index (Phi) is 6.99. The molecule has 2 aromatic rings. The summed E-state index contributed by atoms with van der Waals surface area (Å²) < 4.78 is 5.12. The number of carboxylic acid groups (broad SMARTS) is 1. The van der Waals surface area contributed by atoms with Gasteiger partial charge in [0.25, 0.3) is 0 Å². The number of benzene rings is 2. The zero-order chi connectivity index (χ0) is 11.5. The SMILES string of the molecule is C.COc1ccc2cc(CC(=O)O)ccc2c1.[NaH]. The molecule has 2 aromatic carbocycles. The molecule has 0 aliphatic rings. The van der Waals surface area contributed by atoms with Crippen molar-refractivity contribution in [2.75, 3.05) is 7.11 Å². The Balaban J connectivity index is 0.00000144. The van der Waals surface area contributed by atoms with Crippen molar-refractivity contribution in [3.63, 3.8) is 0 Å². The van der Waals surface area contributed by atoms with E-state index in [2.05, 4.69) is 0 Å². The van der Waals surface area contributed by atoms with Crippen LogP contribution in [0.15, 0.2) is 36.4 Å². The van der Waals surface area contributed by atoms with Crippen molar-refractivity contribution < 1.29 is 14.6 Å². The van der Waals surface area contributed by atoms with Crippen LogP contribution < -0.4 is 4.74 Å². The molecule has 0 radical (unpaired) electrons. The first kappa shape index (κ1) is 17.0. The topological polar surface area (TPSA) is 46.5 Å². The van der Waals surface area contributed by atoms with Gasteiger partial charge in [-0.15, -0.1) is 0 Å². The van der Waals surface area contributed by atoms with Crippen LogP contribution in [0, 0.1) is 0 Å². The first-order valence-electron chi connectivity index (χ1n) is 4.97. The Morgan fingerprint density at radius 3 is 2.39 bits per heavy atom. The molecular weight excluding hydrogens is 239 g/mol. The zero-order valence-corrected chi connectivity index (χ0v) is 8.93. The van der Waals surface area contributed by atoms with E-state index in [9.17, 15) is 4.79 Å². The predicted octanol–water partition coefficient (Wildman–Crippen LogP) is 2.46. The van der Waals surface area contributed by atoms with Crippen LogP contribution in [0.25, 0.3) is 10.8 Å². The molecule has 18 heavy (non-hydrogen) atoms. The van der Waals surface area contributed by atoms with Gasteiger partial charge in [-0.05, 0) is 28.5 Å². The fourth-order valence-corrected chi connectivity index (χ4v) is 1.68. The standard InChI is InChI=1S/C13H12O3.CH4.Na.H/c1-16-12-5-4-10-6-9(7-13(14)15)2-3-11(10)8-12;;;/h2-6,8H,7H2,1H3,(H,14,15);1H4;;. The van der Waals surface area contributed by atoms with Gasteiger partial charge in [0, 0.05) is 0 Å². The summed E-state index contributed by atoms with van der Waals surface area (Å²) >= 11 is 0. The normalized spacial score (nSPS) is 9.17. The molecule has 0 saturated carbocycles. The summed E-state index contributed by atoms with van der Waals surface area (Å²) in [5.41, 5.74) is 0.810. The molecule has 0 aliphatic carbocycles. The van der Waals surface area contributed by atoms with Crippen LogP contribution in [-0.2, 0) is 11.2 Å². The van der Waals surface area contributed by atoms with Gasteiger partial charge in [-0.1, -0.05) is 31.7 Å². The van der Waals surface area contributed by atoms with E-state index in [0.29, 0.717) is 0 Å². The number of fused-ring (bicyclic) bond motifs is 1. The molecule has 0 bridgehead atoms. The number of ether oxygens (including phenoxy) is 1. The van der Waals surface area contributed by atoms with E-state index in [1.165, 1.54) is 0 Å². The maximum absolute atomic E-state index is 10.6. The van der Waals surface area contributed by atoms with Crippen LogP contribution in [-0.4, -0.2) is 47.7 Å². The summed E-state index contributed by atoms with van der Waals surface area (Å²) in [4.78, 5) is 10.6. The Labute approximate surface area is 129 Å². The van der Waals surface area contributed by atoms with Gasteiger partial charge in [0.1, 0.15) is 5.75 Å². The van der Waals surface area contributed by atoms with Crippen LogP contribution >= 0.6 is 0 Å². The van der Waals surface area contributed by atoms with Crippen molar-refractivity contribution in [1.82, 2.24) is 0 Å². The first-order valence-corrected chi connectivity index (χ1v) is 4.97. The Bertz CT molecular complexity index is 538. The zero-order valence-electron chi connectivity index (χ0n) is 8.93. The molecular formula is C14H17NaO3. The summed E-state index contributed by atoms with van der Waals surface area (Å²) in [6.45, 7) is 0. The van der Waals surface area contributed by atoms with Gasteiger partial charge in [0.05, 0.1) is 13.5 Å². The van der Waals surface area contributed by atoms with E-state index in [4.69, 9.17) is 9.84 Å². The van der Waals surface area contributed by atoms with E-state index in [-0.39, 0.29) is 43.4 Å². The molecule has 0 aliphatic heterocycles. The van der Waals surface area contributed by atoms with E-state index in [1.54, 1.807) is 7.11 Å². The molecule has 0 fully saturated rings. The van der Waals surface area contributed by atoms with Gasteiger partial charge in [-0.3, -0.25) is 4.79 Å². The Morgan fingerprint density at radius 1 is 1.17 bits per heavy atom. The van der Waals surface area contributed by atoms with Crippen molar-refractivity contribution in [2.45, 2.75) is 13.8 Å². The van der Waals surface area contributed by atoms with Crippen LogP contribution in [0.1, 0.15) is 13.0 Å². The third-order valence-electron chi connectivity index (χ3n) is 2.47. The molecule has 2 rings (SSSR count). The van der Waals surface area contributed by atoms with Gasteiger partial charge >= 0.3 is 35.5 Å². The van der Waals surface area contributed by atoms with Crippen molar-refractivity contribution in [3.8, 4) is 5.75 Å². The van der Waals surface area contributed by atoms with Gasteiger partial charge < -0.3 is 9.84 Å². The van der Waals surface area contributed by atoms with Crippen molar-refractivity contribution in [3.05, 3.63) is 42.0 Å². The summed E-state index contributed by atoms with van der Waals surface area (Å²) in [6.07, 6.45) is 0.0575. The number of aliphatic carboxylic acids is 1. The van der Waals surface area contributed by atoms with Crippen LogP contribution in [0.4, 0.5) is 0 Å². The molecule has 0 spiro atoms. The number of carboxylic acids is 1.